The van der Waals surface area contributed by atoms with Crippen LogP contribution in [0.4, 0.5) is 17.1 Å². The van der Waals surface area contributed by atoms with Gasteiger partial charge in [0, 0.05) is 29.7 Å². The van der Waals surface area contributed by atoms with Gasteiger partial charge in [0.1, 0.15) is 0 Å². The molecule has 0 radical (unpaired) electrons. The average Bonchev–Trinajstić information content (AvgIpc) is 2.72. The summed E-state index contributed by atoms with van der Waals surface area (Å²) in [4.78, 5) is 2.12. The summed E-state index contributed by atoms with van der Waals surface area (Å²) in [6.45, 7) is 0. The molecule has 4 N–H and O–H groups in total. The van der Waals surface area contributed by atoms with Crippen LogP contribution in [-0.2, 0) is 0 Å². The van der Waals surface area contributed by atoms with Gasteiger partial charge in [-0.15, -0.1) is 0 Å². The number of allylic oxidation sites excluding steroid dienone is 1. The van der Waals surface area contributed by atoms with E-state index in [1.54, 1.807) is 6.08 Å². The molecule has 0 fully saturated rings. The Morgan fingerprint density at radius 2 is 1.30 bits per heavy atom. The third-order valence-corrected chi connectivity index (χ3v) is 4.35. The van der Waals surface area contributed by atoms with Gasteiger partial charge in [-0.25, -0.2) is 0 Å². The van der Waals surface area contributed by atoms with Crippen LogP contribution in [0.25, 0.3) is 6.08 Å². The molecule has 134 valence electrons. The Morgan fingerprint density at radius 3 is 2.00 bits per heavy atom. The SMILES string of the molecule is CN(c1ccccc1)c1ccc(N)cc1.N=C1C=Cc2ccccc2C1=N. The van der Waals surface area contributed by atoms with Crippen molar-refractivity contribution >= 4 is 34.6 Å². The number of benzene rings is 3. The summed E-state index contributed by atoms with van der Waals surface area (Å²) >= 11 is 0. The normalized spacial score (nSPS) is 12.0. The number of hydrogen-bond donors (Lipinski definition) is 3. The van der Waals surface area contributed by atoms with E-state index in [1.807, 2.05) is 79.9 Å². The molecule has 1 aliphatic carbocycles. The first-order valence-electron chi connectivity index (χ1n) is 8.65. The molecule has 0 aliphatic heterocycles. The molecule has 0 saturated carbocycles. The first-order valence-corrected chi connectivity index (χ1v) is 8.65. The number of para-hydroxylation sites is 1. The number of nitrogens with two attached hydrogens (primary N) is 1. The molecule has 0 saturated heterocycles. The molecular weight excluding hydrogens is 332 g/mol. The minimum atomic E-state index is 0.286. The Bertz CT molecular complexity index is 973. The van der Waals surface area contributed by atoms with Crippen LogP contribution < -0.4 is 10.6 Å². The Labute approximate surface area is 159 Å². The monoisotopic (exact) mass is 354 g/mol. The van der Waals surface area contributed by atoms with E-state index >= 15 is 0 Å². The standard InChI is InChI=1S/C13H14N2.C10H8N2/c1-15(12-5-3-2-4-6-12)13-9-7-11(14)8-10-13;11-9-6-5-7-3-1-2-4-8(7)10(9)12/h2-10H,14H2,1H3;1-6,11-12H. The molecule has 3 aromatic rings. The van der Waals surface area contributed by atoms with Gasteiger partial charge < -0.3 is 10.6 Å². The van der Waals surface area contributed by atoms with Gasteiger partial charge in [0.2, 0.25) is 0 Å². The van der Waals surface area contributed by atoms with Gasteiger partial charge >= 0.3 is 0 Å². The van der Waals surface area contributed by atoms with Crippen molar-refractivity contribution in [1.29, 1.82) is 10.8 Å². The quantitative estimate of drug-likeness (QED) is 0.557. The Balaban J connectivity index is 0.000000159. The van der Waals surface area contributed by atoms with E-state index in [4.69, 9.17) is 16.6 Å². The molecule has 0 aromatic heterocycles. The van der Waals surface area contributed by atoms with Gasteiger partial charge in [-0.3, -0.25) is 10.8 Å². The van der Waals surface area contributed by atoms with Crippen molar-refractivity contribution in [2.24, 2.45) is 0 Å². The number of nitrogens with zero attached hydrogens (tertiary/aromatic N) is 1. The highest BCUT2D eigenvalue weighted by atomic mass is 15.1. The van der Waals surface area contributed by atoms with E-state index in [1.165, 1.54) is 5.69 Å². The maximum absolute atomic E-state index is 7.60. The van der Waals surface area contributed by atoms with E-state index in [2.05, 4.69) is 17.0 Å². The second-order valence-electron chi connectivity index (χ2n) is 6.20. The minimum absolute atomic E-state index is 0.286. The fraction of sp³-hybridized carbons (Fsp3) is 0.0435. The molecule has 4 rings (SSSR count). The third kappa shape index (κ3) is 4.30. The van der Waals surface area contributed by atoms with Crippen molar-refractivity contribution < 1.29 is 0 Å². The third-order valence-electron chi connectivity index (χ3n) is 4.35. The lowest BCUT2D eigenvalue weighted by molar-refractivity contribution is 1.21. The number of nitrogen functional groups attached to an aromatic ring is 1. The Hall–Kier alpha value is -3.66. The summed E-state index contributed by atoms with van der Waals surface area (Å²) in [5, 5.41) is 15.0. The van der Waals surface area contributed by atoms with Gasteiger partial charge in [-0.1, -0.05) is 48.5 Å². The number of nitrogens with one attached hydrogen (secondary N) is 2. The van der Waals surface area contributed by atoms with Crippen LogP contribution in [0, 0.1) is 10.8 Å². The lowest BCUT2D eigenvalue weighted by Crippen LogP contribution is -2.15. The summed E-state index contributed by atoms with van der Waals surface area (Å²) in [6, 6.07) is 25.7. The lowest BCUT2D eigenvalue weighted by Gasteiger charge is -2.19. The van der Waals surface area contributed by atoms with Crippen molar-refractivity contribution in [3.63, 3.8) is 0 Å². The molecule has 0 bridgehead atoms. The second-order valence-corrected chi connectivity index (χ2v) is 6.20. The number of anilines is 3. The summed E-state index contributed by atoms with van der Waals surface area (Å²) < 4.78 is 0. The van der Waals surface area contributed by atoms with Crippen molar-refractivity contribution in [2.45, 2.75) is 0 Å². The zero-order valence-corrected chi connectivity index (χ0v) is 15.2. The molecule has 3 aromatic carbocycles. The molecule has 0 amide bonds. The minimum Gasteiger partial charge on any atom is -0.399 e. The highest BCUT2D eigenvalue weighted by molar-refractivity contribution is 6.52. The van der Waals surface area contributed by atoms with Crippen LogP contribution in [0.15, 0.2) is 84.9 Å². The van der Waals surface area contributed by atoms with Crippen molar-refractivity contribution in [1.82, 2.24) is 0 Å². The lowest BCUT2D eigenvalue weighted by atomic mass is 9.94. The fourth-order valence-electron chi connectivity index (χ4n) is 2.77. The molecule has 0 spiro atoms. The van der Waals surface area contributed by atoms with Crippen LogP contribution in [-0.4, -0.2) is 18.5 Å². The van der Waals surface area contributed by atoms with Crippen LogP contribution in [0.3, 0.4) is 0 Å². The number of fused-ring (bicyclic) bond motifs is 1. The number of hydrogen-bond acceptors (Lipinski definition) is 4. The average molecular weight is 354 g/mol. The largest absolute Gasteiger partial charge is 0.399 e. The topological polar surface area (TPSA) is 77.0 Å². The van der Waals surface area contributed by atoms with Crippen molar-refractivity contribution in [3.8, 4) is 0 Å². The zero-order chi connectivity index (χ0) is 19.2. The van der Waals surface area contributed by atoms with Crippen LogP contribution in [0.2, 0.25) is 0 Å². The molecule has 1 aliphatic rings. The maximum atomic E-state index is 7.60. The Kier molecular flexibility index (Phi) is 5.47. The van der Waals surface area contributed by atoms with Gasteiger partial charge in [0.25, 0.3) is 0 Å². The summed E-state index contributed by atoms with van der Waals surface area (Å²) in [5.41, 5.74) is 11.2. The van der Waals surface area contributed by atoms with E-state index in [0.29, 0.717) is 5.71 Å². The molecular formula is C23H22N4. The summed E-state index contributed by atoms with van der Waals surface area (Å²) in [5.74, 6) is 0. The van der Waals surface area contributed by atoms with Crippen LogP contribution in [0.5, 0.6) is 0 Å². The first-order chi connectivity index (χ1) is 13.1. The highest BCUT2D eigenvalue weighted by Crippen LogP contribution is 2.23. The highest BCUT2D eigenvalue weighted by Gasteiger charge is 2.12. The second kappa shape index (κ2) is 8.15. The molecule has 4 nitrogen and oxygen atoms in total. The van der Waals surface area contributed by atoms with E-state index in [9.17, 15) is 0 Å². The first kappa shape index (κ1) is 18.1. The molecule has 27 heavy (non-hydrogen) atoms. The molecule has 4 heteroatoms. The zero-order valence-electron chi connectivity index (χ0n) is 15.2. The van der Waals surface area contributed by atoms with Gasteiger partial charge in [0.05, 0.1) is 11.4 Å². The molecule has 0 heterocycles. The smallest absolute Gasteiger partial charge is 0.0867 e. The number of rotatable bonds is 2. The predicted molar refractivity (Wildman–Crippen MR) is 115 cm³/mol. The van der Waals surface area contributed by atoms with Crippen LogP contribution >= 0.6 is 0 Å². The van der Waals surface area contributed by atoms with Crippen molar-refractivity contribution in [2.75, 3.05) is 17.7 Å². The van der Waals surface area contributed by atoms with E-state index < -0.39 is 0 Å². The van der Waals surface area contributed by atoms with Gasteiger partial charge in [-0.2, -0.15) is 0 Å². The maximum Gasteiger partial charge on any atom is 0.0867 e. The van der Waals surface area contributed by atoms with Gasteiger partial charge in [-0.05, 0) is 48.0 Å². The van der Waals surface area contributed by atoms with E-state index in [0.717, 1.165) is 22.5 Å². The van der Waals surface area contributed by atoms with Gasteiger partial charge in [0.15, 0.2) is 0 Å². The van der Waals surface area contributed by atoms with Crippen LogP contribution in [0.1, 0.15) is 11.1 Å². The molecule has 0 unspecified atom stereocenters. The molecule has 0 atom stereocenters. The van der Waals surface area contributed by atoms with Crippen molar-refractivity contribution in [3.05, 3.63) is 96.1 Å². The predicted octanol–water partition coefficient (Wildman–Crippen LogP) is 5.14. The Morgan fingerprint density at radius 1 is 0.704 bits per heavy atom. The fourth-order valence-corrected chi connectivity index (χ4v) is 2.77. The van der Waals surface area contributed by atoms with E-state index in [-0.39, 0.29) is 5.71 Å². The summed E-state index contributed by atoms with van der Waals surface area (Å²) in [7, 11) is 2.04. The summed E-state index contributed by atoms with van der Waals surface area (Å²) in [6.07, 6.45) is 3.53.